The van der Waals surface area contributed by atoms with Crippen molar-refractivity contribution in [3.05, 3.63) is 29.8 Å². The van der Waals surface area contributed by atoms with E-state index in [1.807, 2.05) is 12.1 Å². The average molecular weight is 263 g/mol. The Labute approximate surface area is 118 Å². The third-order valence-electron chi connectivity index (χ3n) is 3.91. The molecule has 108 valence electrons. The minimum atomic E-state index is 0.741. The number of benzene rings is 1. The molecule has 1 aromatic rings. The van der Waals surface area contributed by atoms with Gasteiger partial charge in [-0.25, -0.2) is 0 Å². The molecule has 0 heterocycles. The fraction of sp³-hybridized carbons (Fsp3) is 0.647. The van der Waals surface area contributed by atoms with Crippen molar-refractivity contribution in [1.82, 2.24) is 5.32 Å². The molecule has 1 aromatic carbocycles. The molecular formula is C17H29NO. The van der Waals surface area contributed by atoms with E-state index in [2.05, 4.69) is 38.2 Å². The highest BCUT2D eigenvalue weighted by molar-refractivity contribution is 5.27. The summed E-state index contributed by atoms with van der Waals surface area (Å²) in [6.45, 7) is 9.20. The van der Waals surface area contributed by atoms with Gasteiger partial charge in [0.25, 0.3) is 0 Å². The maximum absolute atomic E-state index is 5.18. The minimum Gasteiger partial charge on any atom is -0.497 e. The molecule has 0 aliphatic carbocycles. The summed E-state index contributed by atoms with van der Waals surface area (Å²) in [7, 11) is 1.71. The zero-order chi connectivity index (χ0) is 14.1. The number of rotatable bonds is 9. The number of ether oxygens (including phenoxy) is 1. The summed E-state index contributed by atoms with van der Waals surface area (Å²) in [5, 5.41) is 3.51. The normalized spacial score (nSPS) is 14.1. The van der Waals surface area contributed by atoms with Crippen LogP contribution in [0.1, 0.15) is 39.2 Å². The predicted octanol–water partition coefficient (Wildman–Crippen LogP) is 3.90. The Morgan fingerprint density at radius 3 is 2.37 bits per heavy atom. The molecule has 0 aliphatic heterocycles. The van der Waals surface area contributed by atoms with Crippen molar-refractivity contribution in [3.63, 3.8) is 0 Å². The lowest BCUT2D eigenvalue weighted by Crippen LogP contribution is -2.26. The number of methoxy groups -OCH3 is 1. The van der Waals surface area contributed by atoms with Crippen LogP contribution in [-0.4, -0.2) is 20.2 Å². The first-order valence-corrected chi connectivity index (χ1v) is 7.51. The van der Waals surface area contributed by atoms with Gasteiger partial charge in [-0.15, -0.1) is 0 Å². The van der Waals surface area contributed by atoms with Crippen molar-refractivity contribution in [2.24, 2.45) is 11.8 Å². The Hall–Kier alpha value is -1.02. The summed E-state index contributed by atoms with van der Waals surface area (Å²) < 4.78 is 5.18. The van der Waals surface area contributed by atoms with Gasteiger partial charge < -0.3 is 10.1 Å². The fourth-order valence-corrected chi connectivity index (χ4v) is 2.18. The van der Waals surface area contributed by atoms with E-state index < -0.39 is 0 Å². The highest BCUT2D eigenvalue weighted by atomic mass is 16.5. The molecule has 0 saturated carbocycles. The largest absolute Gasteiger partial charge is 0.497 e. The van der Waals surface area contributed by atoms with Gasteiger partial charge in [0.1, 0.15) is 5.75 Å². The second-order valence-electron chi connectivity index (χ2n) is 5.55. The molecule has 0 fully saturated rings. The van der Waals surface area contributed by atoms with Crippen LogP contribution in [-0.2, 0) is 6.42 Å². The fourth-order valence-electron chi connectivity index (χ4n) is 2.18. The van der Waals surface area contributed by atoms with Crippen LogP contribution in [0.2, 0.25) is 0 Å². The first-order chi connectivity index (χ1) is 9.17. The third kappa shape index (κ3) is 6.11. The van der Waals surface area contributed by atoms with E-state index in [4.69, 9.17) is 4.74 Å². The van der Waals surface area contributed by atoms with E-state index in [1.165, 1.54) is 18.4 Å². The third-order valence-corrected chi connectivity index (χ3v) is 3.91. The van der Waals surface area contributed by atoms with Crippen molar-refractivity contribution in [1.29, 1.82) is 0 Å². The number of nitrogens with one attached hydrogen (secondary N) is 1. The Morgan fingerprint density at radius 1 is 1.11 bits per heavy atom. The summed E-state index contributed by atoms with van der Waals surface area (Å²) in [5.41, 5.74) is 1.40. The lowest BCUT2D eigenvalue weighted by molar-refractivity contribution is 0.348. The van der Waals surface area contributed by atoms with Crippen molar-refractivity contribution >= 4 is 0 Å². The summed E-state index contributed by atoms with van der Waals surface area (Å²) in [6.07, 6.45) is 3.62. The summed E-state index contributed by atoms with van der Waals surface area (Å²) in [4.78, 5) is 0. The van der Waals surface area contributed by atoms with Gasteiger partial charge in [0.15, 0.2) is 0 Å². The molecule has 0 amide bonds. The van der Waals surface area contributed by atoms with E-state index in [0.29, 0.717) is 0 Å². The quantitative estimate of drug-likeness (QED) is 0.682. The van der Waals surface area contributed by atoms with Gasteiger partial charge >= 0.3 is 0 Å². The summed E-state index contributed by atoms with van der Waals surface area (Å²) in [6, 6.07) is 8.44. The standard InChI is InChI=1S/C17H29NO/c1-5-12-18-13-15(3)14(2)6-7-16-8-10-17(19-4)11-9-16/h8-11,14-15,18H,5-7,12-13H2,1-4H3. The number of aryl methyl sites for hydroxylation is 1. The van der Waals surface area contributed by atoms with E-state index >= 15 is 0 Å². The monoisotopic (exact) mass is 263 g/mol. The molecule has 0 radical (unpaired) electrons. The van der Waals surface area contributed by atoms with Gasteiger partial charge in [0, 0.05) is 0 Å². The molecule has 0 spiro atoms. The van der Waals surface area contributed by atoms with Crippen LogP contribution in [0.5, 0.6) is 5.75 Å². The minimum absolute atomic E-state index is 0.741. The van der Waals surface area contributed by atoms with Crippen LogP contribution in [0.25, 0.3) is 0 Å². The van der Waals surface area contributed by atoms with Gasteiger partial charge in [-0.05, 0) is 61.9 Å². The molecule has 19 heavy (non-hydrogen) atoms. The van der Waals surface area contributed by atoms with Gasteiger partial charge in [-0.2, -0.15) is 0 Å². The molecule has 1 rings (SSSR count). The van der Waals surface area contributed by atoms with Crippen molar-refractivity contribution in [2.45, 2.75) is 40.0 Å². The highest BCUT2D eigenvalue weighted by Gasteiger charge is 2.11. The first kappa shape index (κ1) is 16.0. The van der Waals surface area contributed by atoms with Gasteiger partial charge in [0.05, 0.1) is 7.11 Å². The van der Waals surface area contributed by atoms with E-state index in [9.17, 15) is 0 Å². The van der Waals surface area contributed by atoms with Crippen LogP contribution in [0, 0.1) is 11.8 Å². The Kier molecular flexibility index (Phi) is 7.57. The van der Waals surface area contributed by atoms with Crippen LogP contribution >= 0.6 is 0 Å². The molecule has 0 aliphatic rings. The van der Waals surface area contributed by atoms with Crippen LogP contribution in [0.3, 0.4) is 0 Å². The van der Waals surface area contributed by atoms with Crippen LogP contribution < -0.4 is 10.1 Å². The maximum Gasteiger partial charge on any atom is 0.118 e. The summed E-state index contributed by atoms with van der Waals surface area (Å²) >= 11 is 0. The SMILES string of the molecule is CCCNCC(C)C(C)CCc1ccc(OC)cc1. The molecule has 2 nitrogen and oxygen atoms in total. The lowest BCUT2D eigenvalue weighted by atomic mass is 9.90. The molecule has 2 atom stereocenters. The average Bonchev–Trinajstić information content (AvgIpc) is 2.45. The second kappa shape index (κ2) is 8.98. The predicted molar refractivity (Wildman–Crippen MR) is 82.8 cm³/mol. The molecule has 0 bridgehead atoms. The Morgan fingerprint density at radius 2 is 1.79 bits per heavy atom. The molecular weight excluding hydrogens is 234 g/mol. The zero-order valence-electron chi connectivity index (χ0n) is 12.9. The number of hydrogen-bond acceptors (Lipinski definition) is 2. The Bertz CT molecular complexity index is 334. The summed E-state index contributed by atoms with van der Waals surface area (Å²) in [5.74, 6) is 2.44. The van der Waals surface area contributed by atoms with Crippen LogP contribution in [0.15, 0.2) is 24.3 Å². The van der Waals surface area contributed by atoms with Gasteiger partial charge in [-0.3, -0.25) is 0 Å². The van der Waals surface area contributed by atoms with E-state index in [-0.39, 0.29) is 0 Å². The lowest BCUT2D eigenvalue weighted by Gasteiger charge is -2.20. The van der Waals surface area contributed by atoms with Gasteiger partial charge in [0.2, 0.25) is 0 Å². The van der Waals surface area contributed by atoms with Crippen molar-refractivity contribution < 1.29 is 4.74 Å². The van der Waals surface area contributed by atoms with E-state index in [1.54, 1.807) is 7.11 Å². The van der Waals surface area contributed by atoms with E-state index in [0.717, 1.165) is 37.1 Å². The second-order valence-corrected chi connectivity index (χ2v) is 5.55. The van der Waals surface area contributed by atoms with Crippen molar-refractivity contribution in [3.8, 4) is 5.75 Å². The topological polar surface area (TPSA) is 21.3 Å². The van der Waals surface area contributed by atoms with Gasteiger partial charge in [-0.1, -0.05) is 32.9 Å². The molecule has 0 saturated heterocycles. The Balaban J connectivity index is 2.29. The number of hydrogen-bond donors (Lipinski definition) is 1. The molecule has 2 heteroatoms. The van der Waals surface area contributed by atoms with Crippen LogP contribution in [0.4, 0.5) is 0 Å². The molecule has 1 N–H and O–H groups in total. The molecule has 0 aromatic heterocycles. The highest BCUT2D eigenvalue weighted by Crippen LogP contribution is 2.19. The maximum atomic E-state index is 5.18. The smallest absolute Gasteiger partial charge is 0.118 e. The first-order valence-electron chi connectivity index (χ1n) is 7.51. The van der Waals surface area contributed by atoms with Crippen molar-refractivity contribution in [2.75, 3.05) is 20.2 Å². The zero-order valence-corrected chi connectivity index (χ0v) is 12.9. The molecule has 2 unspecified atom stereocenters.